The Hall–Kier alpha value is -2.04. The normalized spacial score (nSPS) is 10.7. The van der Waals surface area contributed by atoms with Gasteiger partial charge in [0.2, 0.25) is 0 Å². The van der Waals surface area contributed by atoms with E-state index >= 15 is 0 Å². The van der Waals surface area contributed by atoms with Crippen LogP contribution >= 0.6 is 23.2 Å². The molecule has 0 heterocycles. The molecule has 1 N–H and O–H groups in total. The molecule has 6 heteroatoms. The van der Waals surface area contributed by atoms with Gasteiger partial charge in [-0.1, -0.05) is 35.3 Å². The third-order valence-corrected chi connectivity index (χ3v) is 3.31. The Morgan fingerprint density at radius 3 is 2.77 bits per heavy atom. The summed E-state index contributed by atoms with van der Waals surface area (Å²) in [5.41, 5.74) is 3.50. The van der Waals surface area contributed by atoms with Crippen LogP contribution in [0.1, 0.15) is 22.8 Å². The number of ether oxygens (including phenoxy) is 1. The summed E-state index contributed by atoms with van der Waals surface area (Å²) >= 11 is 11.8. The van der Waals surface area contributed by atoms with Crippen molar-refractivity contribution in [1.29, 1.82) is 0 Å². The number of halogens is 2. The van der Waals surface area contributed by atoms with Crippen LogP contribution in [0.5, 0.6) is 5.75 Å². The molecular formula is C16H14Cl2N2O2. The van der Waals surface area contributed by atoms with Crippen LogP contribution in [-0.2, 0) is 0 Å². The number of para-hydroxylation sites is 1. The number of carbonyl (C=O) groups is 1. The molecule has 0 aliphatic heterocycles. The lowest BCUT2D eigenvalue weighted by molar-refractivity contribution is 0.0955. The van der Waals surface area contributed by atoms with E-state index in [1.807, 2.05) is 31.2 Å². The molecule has 0 aliphatic rings. The van der Waals surface area contributed by atoms with E-state index < -0.39 is 5.91 Å². The fourth-order valence-corrected chi connectivity index (χ4v) is 2.26. The van der Waals surface area contributed by atoms with Gasteiger partial charge in [0.25, 0.3) is 5.91 Å². The first kappa shape index (κ1) is 16.3. The SMILES string of the molecule is CCOc1ccccc1/C=N/NC(=O)c1ccc(Cl)cc1Cl. The molecule has 0 unspecified atom stereocenters. The van der Waals surface area contributed by atoms with E-state index in [0.717, 1.165) is 5.56 Å². The van der Waals surface area contributed by atoms with Crippen LogP contribution in [0.2, 0.25) is 10.0 Å². The lowest BCUT2D eigenvalue weighted by Crippen LogP contribution is -2.18. The van der Waals surface area contributed by atoms with Crippen molar-refractivity contribution in [3.63, 3.8) is 0 Å². The van der Waals surface area contributed by atoms with Gasteiger partial charge in [0.05, 0.1) is 23.4 Å². The number of hydrogen-bond acceptors (Lipinski definition) is 3. The minimum atomic E-state index is -0.410. The number of hydrogen-bond donors (Lipinski definition) is 1. The third kappa shape index (κ3) is 4.23. The van der Waals surface area contributed by atoms with Crippen molar-refractivity contribution in [2.45, 2.75) is 6.92 Å². The number of carbonyl (C=O) groups excluding carboxylic acids is 1. The van der Waals surface area contributed by atoms with Crippen LogP contribution in [0.25, 0.3) is 0 Å². The predicted octanol–water partition coefficient (Wildman–Crippen LogP) is 4.16. The summed E-state index contributed by atoms with van der Waals surface area (Å²) < 4.78 is 5.47. The topological polar surface area (TPSA) is 50.7 Å². The van der Waals surface area contributed by atoms with Crippen LogP contribution in [0.15, 0.2) is 47.6 Å². The summed E-state index contributed by atoms with van der Waals surface area (Å²) in [6.45, 7) is 2.45. The molecule has 0 saturated carbocycles. The Kier molecular flexibility index (Phi) is 5.81. The Morgan fingerprint density at radius 2 is 2.05 bits per heavy atom. The third-order valence-electron chi connectivity index (χ3n) is 2.76. The maximum absolute atomic E-state index is 12.0. The molecule has 0 bridgehead atoms. The molecule has 0 atom stereocenters. The quantitative estimate of drug-likeness (QED) is 0.658. The van der Waals surface area contributed by atoms with Crippen molar-refractivity contribution in [2.24, 2.45) is 5.10 Å². The van der Waals surface area contributed by atoms with E-state index in [1.54, 1.807) is 12.1 Å². The highest BCUT2D eigenvalue weighted by atomic mass is 35.5. The number of benzene rings is 2. The lowest BCUT2D eigenvalue weighted by Gasteiger charge is -2.06. The van der Waals surface area contributed by atoms with Crippen molar-refractivity contribution in [3.05, 3.63) is 63.6 Å². The highest BCUT2D eigenvalue weighted by molar-refractivity contribution is 6.36. The molecule has 1 amide bonds. The Bertz CT molecular complexity index is 702. The summed E-state index contributed by atoms with van der Waals surface area (Å²) in [7, 11) is 0. The molecule has 0 radical (unpaired) electrons. The van der Waals surface area contributed by atoms with Gasteiger partial charge in [0, 0.05) is 10.6 Å². The summed E-state index contributed by atoms with van der Waals surface area (Å²) in [5.74, 6) is 0.291. The number of nitrogens with one attached hydrogen (secondary N) is 1. The molecule has 0 aliphatic carbocycles. The van der Waals surface area contributed by atoms with E-state index in [0.29, 0.717) is 22.9 Å². The predicted molar refractivity (Wildman–Crippen MR) is 89.1 cm³/mol. The molecule has 4 nitrogen and oxygen atoms in total. The number of amides is 1. The fraction of sp³-hybridized carbons (Fsp3) is 0.125. The fourth-order valence-electron chi connectivity index (χ4n) is 1.77. The van der Waals surface area contributed by atoms with Crippen LogP contribution in [0.3, 0.4) is 0 Å². The Labute approximate surface area is 138 Å². The lowest BCUT2D eigenvalue weighted by atomic mass is 10.2. The van der Waals surface area contributed by atoms with Crippen molar-refractivity contribution >= 4 is 35.3 Å². The molecule has 0 aromatic heterocycles. The number of hydrazone groups is 1. The molecule has 2 rings (SSSR count). The maximum Gasteiger partial charge on any atom is 0.272 e. The van der Waals surface area contributed by atoms with Gasteiger partial charge in [-0.05, 0) is 37.3 Å². The zero-order valence-electron chi connectivity index (χ0n) is 11.8. The second-order valence-corrected chi connectivity index (χ2v) is 5.14. The van der Waals surface area contributed by atoms with Crippen molar-refractivity contribution in [3.8, 4) is 5.75 Å². The van der Waals surface area contributed by atoms with E-state index in [1.165, 1.54) is 12.3 Å². The molecule has 0 fully saturated rings. The Morgan fingerprint density at radius 1 is 1.27 bits per heavy atom. The highest BCUT2D eigenvalue weighted by Crippen LogP contribution is 2.21. The summed E-state index contributed by atoms with van der Waals surface area (Å²) in [6, 6.07) is 12.1. The van der Waals surface area contributed by atoms with Crippen LogP contribution < -0.4 is 10.2 Å². The minimum Gasteiger partial charge on any atom is -0.493 e. The van der Waals surface area contributed by atoms with E-state index in [9.17, 15) is 4.79 Å². The average Bonchev–Trinajstić information content (AvgIpc) is 2.49. The average molecular weight is 337 g/mol. The summed E-state index contributed by atoms with van der Waals surface area (Å²) in [5, 5.41) is 4.67. The zero-order chi connectivity index (χ0) is 15.9. The van der Waals surface area contributed by atoms with E-state index in [4.69, 9.17) is 27.9 Å². The molecule has 0 saturated heterocycles. The monoisotopic (exact) mass is 336 g/mol. The second-order valence-electron chi connectivity index (χ2n) is 4.29. The standard InChI is InChI=1S/C16H14Cl2N2O2/c1-2-22-15-6-4-3-5-11(15)10-19-20-16(21)13-8-7-12(17)9-14(13)18/h3-10H,2H2,1H3,(H,20,21)/b19-10+. The minimum absolute atomic E-state index is 0.273. The molecule has 22 heavy (non-hydrogen) atoms. The first-order valence-electron chi connectivity index (χ1n) is 6.62. The summed E-state index contributed by atoms with van der Waals surface area (Å²) in [4.78, 5) is 12.0. The van der Waals surface area contributed by atoms with Gasteiger partial charge in [-0.3, -0.25) is 4.79 Å². The first-order chi connectivity index (χ1) is 10.6. The van der Waals surface area contributed by atoms with Crippen LogP contribution in [0.4, 0.5) is 0 Å². The zero-order valence-corrected chi connectivity index (χ0v) is 13.4. The van der Waals surface area contributed by atoms with E-state index in [-0.39, 0.29) is 5.02 Å². The van der Waals surface area contributed by atoms with Gasteiger partial charge in [0.1, 0.15) is 5.75 Å². The van der Waals surface area contributed by atoms with Crippen molar-refractivity contribution in [2.75, 3.05) is 6.61 Å². The van der Waals surface area contributed by atoms with Crippen LogP contribution in [0, 0.1) is 0 Å². The van der Waals surface area contributed by atoms with Gasteiger partial charge < -0.3 is 4.74 Å². The number of rotatable bonds is 5. The first-order valence-corrected chi connectivity index (χ1v) is 7.37. The molecule has 2 aromatic carbocycles. The van der Waals surface area contributed by atoms with Crippen molar-refractivity contribution in [1.82, 2.24) is 5.43 Å². The van der Waals surface area contributed by atoms with Crippen LogP contribution in [-0.4, -0.2) is 18.7 Å². The largest absolute Gasteiger partial charge is 0.493 e. The van der Waals surface area contributed by atoms with E-state index in [2.05, 4.69) is 10.5 Å². The van der Waals surface area contributed by atoms with Crippen molar-refractivity contribution < 1.29 is 9.53 Å². The second kappa shape index (κ2) is 7.82. The van der Waals surface area contributed by atoms with Gasteiger partial charge >= 0.3 is 0 Å². The summed E-state index contributed by atoms with van der Waals surface area (Å²) in [6.07, 6.45) is 1.52. The Balaban J connectivity index is 2.07. The highest BCUT2D eigenvalue weighted by Gasteiger charge is 2.09. The van der Waals surface area contributed by atoms with Gasteiger partial charge in [0.15, 0.2) is 0 Å². The molecule has 2 aromatic rings. The molecule has 0 spiro atoms. The van der Waals surface area contributed by atoms with Gasteiger partial charge in [-0.25, -0.2) is 5.43 Å². The number of nitrogens with zero attached hydrogens (tertiary/aromatic N) is 1. The smallest absolute Gasteiger partial charge is 0.272 e. The maximum atomic E-state index is 12.0. The molecule has 114 valence electrons. The molecular weight excluding hydrogens is 323 g/mol. The van der Waals surface area contributed by atoms with Gasteiger partial charge in [-0.2, -0.15) is 5.10 Å². The van der Waals surface area contributed by atoms with Gasteiger partial charge in [-0.15, -0.1) is 0 Å².